The Kier molecular flexibility index (Phi) is 4.72. The molecule has 0 atom stereocenters. The van der Waals surface area contributed by atoms with E-state index in [4.69, 9.17) is 5.11 Å². The first-order valence-corrected chi connectivity index (χ1v) is 6.22. The van der Waals surface area contributed by atoms with Crippen LogP contribution in [0.5, 0.6) is 11.5 Å². The number of H-pyrrole nitrogens is 2. The first-order chi connectivity index (χ1) is 11.0. The van der Waals surface area contributed by atoms with E-state index in [1.165, 1.54) is 24.4 Å². The van der Waals surface area contributed by atoms with Gasteiger partial charge in [0.1, 0.15) is 0 Å². The number of hydrazone groups is 1. The van der Waals surface area contributed by atoms with Crippen molar-refractivity contribution in [3.05, 3.63) is 44.6 Å². The monoisotopic (exact) mass is 320 g/mol. The highest BCUT2D eigenvalue weighted by Crippen LogP contribution is 2.23. The predicted molar refractivity (Wildman–Crippen MR) is 79.5 cm³/mol. The molecule has 120 valence electrons. The smallest absolute Gasteiger partial charge is 0.342 e. The highest BCUT2D eigenvalue weighted by Gasteiger charge is 2.04. The lowest BCUT2D eigenvalue weighted by Gasteiger charge is -2.02. The van der Waals surface area contributed by atoms with Gasteiger partial charge in [-0.15, -0.1) is 5.10 Å². The Balaban J connectivity index is 1.87. The van der Waals surface area contributed by atoms with Crippen molar-refractivity contribution in [2.75, 3.05) is 11.9 Å². The molecule has 0 bridgehead atoms. The molecular formula is C12H12N6O5. The van der Waals surface area contributed by atoms with Crippen LogP contribution in [0.1, 0.15) is 5.56 Å². The number of carbonyl (C=O) groups is 1. The first kappa shape index (κ1) is 15.8. The largest absolute Gasteiger partial charge is 0.504 e. The van der Waals surface area contributed by atoms with Crippen molar-refractivity contribution in [2.45, 2.75) is 0 Å². The van der Waals surface area contributed by atoms with Crippen LogP contribution in [-0.2, 0) is 4.79 Å². The minimum atomic E-state index is -0.760. The van der Waals surface area contributed by atoms with Gasteiger partial charge in [-0.05, 0) is 23.8 Å². The van der Waals surface area contributed by atoms with Crippen LogP contribution in [0.3, 0.4) is 0 Å². The molecule has 0 radical (unpaired) electrons. The summed E-state index contributed by atoms with van der Waals surface area (Å²) in [6.07, 6.45) is 1.25. The molecule has 6 N–H and O–H groups in total. The summed E-state index contributed by atoms with van der Waals surface area (Å²) in [5.41, 5.74) is 1.11. The van der Waals surface area contributed by atoms with Gasteiger partial charge >= 0.3 is 5.69 Å². The minimum Gasteiger partial charge on any atom is -0.504 e. The van der Waals surface area contributed by atoms with Crippen LogP contribution >= 0.6 is 0 Å². The molecule has 1 heterocycles. The number of phenols is 2. The van der Waals surface area contributed by atoms with E-state index in [2.05, 4.69) is 20.9 Å². The minimum absolute atomic E-state index is 0.216. The Morgan fingerprint density at radius 3 is 2.78 bits per heavy atom. The molecule has 2 rings (SSSR count). The van der Waals surface area contributed by atoms with Crippen LogP contribution < -0.4 is 22.0 Å². The second-order valence-electron chi connectivity index (χ2n) is 4.25. The second kappa shape index (κ2) is 6.89. The normalized spacial score (nSPS) is 10.6. The lowest BCUT2D eigenvalue weighted by atomic mass is 10.2. The average molecular weight is 320 g/mol. The van der Waals surface area contributed by atoms with Crippen molar-refractivity contribution in [3.8, 4) is 11.5 Å². The summed E-state index contributed by atoms with van der Waals surface area (Å²) < 4.78 is 0. The van der Waals surface area contributed by atoms with Gasteiger partial charge in [-0.2, -0.15) is 5.10 Å². The molecule has 1 aromatic carbocycles. The molecule has 1 amide bonds. The van der Waals surface area contributed by atoms with Gasteiger partial charge in [0.25, 0.3) is 11.5 Å². The number of anilines is 1. The second-order valence-corrected chi connectivity index (χ2v) is 4.25. The summed E-state index contributed by atoms with van der Waals surface area (Å²) in [5.74, 6) is -1.37. The van der Waals surface area contributed by atoms with Crippen LogP contribution in [0.25, 0.3) is 0 Å². The Labute approximate surface area is 127 Å². The molecule has 0 saturated carbocycles. The number of hydrogen-bond donors (Lipinski definition) is 6. The molecule has 1 aromatic heterocycles. The molecule has 23 heavy (non-hydrogen) atoms. The van der Waals surface area contributed by atoms with Crippen LogP contribution in [-0.4, -0.2) is 44.1 Å². The van der Waals surface area contributed by atoms with Gasteiger partial charge in [0, 0.05) is 0 Å². The number of rotatable bonds is 5. The Morgan fingerprint density at radius 1 is 1.30 bits per heavy atom. The fourth-order valence-electron chi connectivity index (χ4n) is 1.47. The van der Waals surface area contributed by atoms with Crippen molar-refractivity contribution in [2.24, 2.45) is 5.10 Å². The number of aromatic hydroxyl groups is 2. The molecule has 0 aliphatic heterocycles. The van der Waals surface area contributed by atoms with Gasteiger partial charge in [0.05, 0.1) is 12.8 Å². The summed E-state index contributed by atoms with van der Waals surface area (Å²) in [7, 11) is 0. The molecule has 0 fully saturated rings. The zero-order valence-corrected chi connectivity index (χ0v) is 11.5. The summed E-state index contributed by atoms with van der Waals surface area (Å²) in [6.45, 7) is -0.305. The average Bonchev–Trinajstić information content (AvgIpc) is 2.50. The highest BCUT2D eigenvalue weighted by molar-refractivity contribution is 5.84. The fraction of sp³-hybridized carbons (Fsp3) is 0.0833. The van der Waals surface area contributed by atoms with E-state index >= 15 is 0 Å². The molecule has 11 heteroatoms. The maximum atomic E-state index is 11.5. The number of amides is 1. The van der Waals surface area contributed by atoms with Crippen molar-refractivity contribution in [1.82, 2.24) is 20.6 Å². The SMILES string of the molecule is O=C(CNc1n[nH]c(=O)[nH]c1=O)N/N=C/c1ccc(O)c(O)c1. The zero-order valence-electron chi connectivity index (χ0n) is 11.5. The number of carbonyl (C=O) groups excluding carboxylic acids is 1. The van der Waals surface area contributed by atoms with Crippen molar-refractivity contribution < 1.29 is 15.0 Å². The van der Waals surface area contributed by atoms with Crippen LogP contribution in [0.4, 0.5) is 5.82 Å². The van der Waals surface area contributed by atoms with E-state index in [0.717, 1.165) is 0 Å². The first-order valence-electron chi connectivity index (χ1n) is 6.22. The van der Waals surface area contributed by atoms with Crippen molar-refractivity contribution in [3.63, 3.8) is 0 Å². The maximum Gasteiger partial charge on any atom is 0.342 e. The number of nitrogens with one attached hydrogen (secondary N) is 4. The Hall–Kier alpha value is -3.63. The molecule has 11 nitrogen and oxygen atoms in total. The summed E-state index contributed by atoms with van der Waals surface area (Å²) in [6, 6.07) is 4.01. The Bertz CT molecular complexity index is 856. The highest BCUT2D eigenvalue weighted by atomic mass is 16.3. The standard InChI is InChI=1S/C12H12N6O5/c19-7-2-1-6(3-8(7)20)4-14-16-9(21)5-13-10-11(22)15-12(23)18-17-10/h1-4,19-20H,5H2,(H,13,17)(H,16,21)(H2,15,18,22,23)/b14-4+. The molecule has 0 saturated heterocycles. The van der Waals surface area contributed by atoms with Gasteiger partial charge in [0.2, 0.25) is 5.82 Å². The van der Waals surface area contributed by atoms with Gasteiger partial charge in [-0.3, -0.25) is 14.6 Å². The van der Waals surface area contributed by atoms with E-state index in [-0.39, 0.29) is 23.9 Å². The topological polar surface area (TPSA) is 173 Å². The summed E-state index contributed by atoms with van der Waals surface area (Å²) >= 11 is 0. The number of aromatic amines is 2. The third-order valence-corrected chi connectivity index (χ3v) is 2.53. The molecule has 0 aliphatic rings. The molecule has 0 spiro atoms. The number of phenolic OH excluding ortho intramolecular Hbond substituents is 2. The Morgan fingerprint density at radius 2 is 2.09 bits per heavy atom. The van der Waals surface area contributed by atoms with E-state index in [0.29, 0.717) is 5.56 Å². The number of hydrogen-bond acceptors (Lipinski definition) is 8. The third-order valence-electron chi connectivity index (χ3n) is 2.53. The lowest BCUT2D eigenvalue weighted by Crippen LogP contribution is -2.31. The number of aromatic nitrogens is 3. The fourth-order valence-corrected chi connectivity index (χ4v) is 1.47. The number of nitrogens with zero attached hydrogens (tertiary/aromatic N) is 2. The predicted octanol–water partition coefficient (Wildman–Crippen LogP) is -1.57. The summed E-state index contributed by atoms with van der Waals surface area (Å²) in [5, 5.41) is 29.9. The van der Waals surface area contributed by atoms with Gasteiger partial charge < -0.3 is 15.5 Å². The van der Waals surface area contributed by atoms with Crippen LogP contribution in [0, 0.1) is 0 Å². The van der Waals surface area contributed by atoms with Crippen LogP contribution in [0.2, 0.25) is 0 Å². The molecule has 0 unspecified atom stereocenters. The lowest BCUT2D eigenvalue weighted by molar-refractivity contribution is -0.119. The zero-order chi connectivity index (χ0) is 16.8. The van der Waals surface area contributed by atoms with Crippen molar-refractivity contribution >= 4 is 17.9 Å². The van der Waals surface area contributed by atoms with E-state index in [1.807, 2.05) is 10.1 Å². The van der Waals surface area contributed by atoms with Gasteiger partial charge in [-0.1, -0.05) is 0 Å². The maximum absolute atomic E-state index is 11.5. The quantitative estimate of drug-likeness (QED) is 0.219. The number of benzene rings is 1. The molecule has 2 aromatic rings. The van der Waals surface area contributed by atoms with E-state index < -0.39 is 17.2 Å². The van der Waals surface area contributed by atoms with Gasteiger partial charge in [-0.25, -0.2) is 15.3 Å². The van der Waals surface area contributed by atoms with E-state index in [1.54, 1.807) is 0 Å². The van der Waals surface area contributed by atoms with Gasteiger partial charge in [0.15, 0.2) is 11.5 Å². The summed E-state index contributed by atoms with van der Waals surface area (Å²) in [4.78, 5) is 35.5. The molecule has 0 aliphatic carbocycles. The van der Waals surface area contributed by atoms with E-state index in [9.17, 15) is 19.5 Å². The van der Waals surface area contributed by atoms with Crippen LogP contribution in [0.15, 0.2) is 32.9 Å². The van der Waals surface area contributed by atoms with Crippen molar-refractivity contribution in [1.29, 1.82) is 0 Å². The third kappa shape index (κ3) is 4.42. The molecular weight excluding hydrogens is 308 g/mol.